The van der Waals surface area contributed by atoms with Crippen molar-refractivity contribution in [2.24, 2.45) is 11.8 Å². The number of rotatable bonds is 11. The molecule has 1 aliphatic carbocycles. The minimum absolute atomic E-state index is 0.0223. The number of aliphatic carboxylic acids is 1. The number of carboxylic acid groups (broad SMARTS) is 1. The van der Waals surface area contributed by atoms with E-state index in [-0.39, 0.29) is 35.6 Å². The lowest BCUT2D eigenvalue weighted by atomic mass is 9.83. The van der Waals surface area contributed by atoms with Crippen LogP contribution in [0.1, 0.15) is 60.6 Å². The van der Waals surface area contributed by atoms with E-state index in [2.05, 4.69) is 20.6 Å². The van der Waals surface area contributed by atoms with Crippen molar-refractivity contribution in [3.63, 3.8) is 0 Å². The molecule has 3 N–H and O–H groups in total. The van der Waals surface area contributed by atoms with E-state index in [0.29, 0.717) is 24.5 Å². The van der Waals surface area contributed by atoms with Gasteiger partial charge in [0.2, 0.25) is 5.91 Å². The molecule has 0 saturated heterocycles. The van der Waals surface area contributed by atoms with Gasteiger partial charge in [-0.3, -0.25) is 29.1 Å². The van der Waals surface area contributed by atoms with Crippen LogP contribution in [0.25, 0.3) is 10.8 Å². The number of amides is 2. The molecule has 1 aliphatic rings. The Hall–Kier alpha value is -4.47. The molecule has 1 fully saturated rings. The molecule has 2 amide bonds. The molecular weight excluding hydrogens is 512 g/mol. The van der Waals surface area contributed by atoms with Gasteiger partial charge in [-0.2, -0.15) is 0 Å². The van der Waals surface area contributed by atoms with Crippen molar-refractivity contribution in [3.8, 4) is 0 Å². The fourth-order valence-corrected chi connectivity index (χ4v) is 5.60. The summed E-state index contributed by atoms with van der Waals surface area (Å²) in [5.41, 5.74) is 1.98. The highest BCUT2D eigenvalue weighted by Gasteiger charge is 2.39. The summed E-state index contributed by atoms with van der Waals surface area (Å²) in [6.07, 6.45) is 6.36. The van der Waals surface area contributed by atoms with Gasteiger partial charge in [0.1, 0.15) is 12.0 Å². The smallest absolute Gasteiger partial charge is 0.305 e. The first-order chi connectivity index (χ1) is 19.2. The number of carbonyl (C=O) groups excluding carboxylic acids is 4. The fourth-order valence-electron chi connectivity index (χ4n) is 5.60. The molecule has 0 radical (unpaired) electrons. The third-order valence-electron chi connectivity index (χ3n) is 7.73. The highest BCUT2D eigenvalue weighted by atomic mass is 16.4. The summed E-state index contributed by atoms with van der Waals surface area (Å²) in [6.45, 7) is 3.38. The largest absolute Gasteiger partial charge is 0.481 e. The molecule has 5 atom stereocenters. The molecule has 10 heteroatoms. The molecule has 3 unspecified atom stereocenters. The maximum absolute atomic E-state index is 13.2. The summed E-state index contributed by atoms with van der Waals surface area (Å²) in [4.78, 5) is 69.5. The highest BCUT2D eigenvalue weighted by molar-refractivity contribution is 6.06. The zero-order valence-electron chi connectivity index (χ0n) is 22.4. The number of aromatic nitrogens is 2. The van der Waals surface area contributed by atoms with Crippen LogP contribution in [0.3, 0.4) is 0 Å². The van der Waals surface area contributed by atoms with E-state index < -0.39 is 36.3 Å². The van der Waals surface area contributed by atoms with Crippen molar-refractivity contribution in [2.75, 3.05) is 0 Å². The Morgan fingerprint density at radius 2 is 1.85 bits per heavy atom. The predicted octanol–water partition coefficient (Wildman–Crippen LogP) is 2.85. The van der Waals surface area contributed by atoms with Gasteiger partial charge >= 0.3 is 5.97 Å². The maximum atomic E-state index is 13.2. The van der Waals surface area contributed by atoms with Crippen LogP contribution in [0.2, 0.25) is 0 Å². The van der Waals surface area contributed by atoms with Gasteiger partial charge in [-0.05, 0) is 60.2 Å². The van der Waals surface area contributed by atoms with Crippen molar-refractivity contribution in [2.45, 2.75) is 57.5 Å². The number of ketones is 1. The number of fused-ring (bicyclic) bond motifs is 1. The van der Waals surface area contributed by atoms with E-state index >= 15 is 0 Å². The Kier molecular flexibility index (Phi) is 8.98. The summed E-state index contributed by atoms with van der Waals surface area (Å²) in [5.74, 6) is -2.70. The van der Waals surface area contributed by atoms with E-state index in [0.717, 1.165) is 16.5 Å². The third-order valence-corrected chi connectivity index (χ3v) is 7.73. The van der Waals surface area contributed by atoms with Gasteiger partial charge in [-0.25, -0.2) is 0 Å². The van der Waals surface area contributed by atoms with Gasteiger partial charge in [0.25, 0.3) is 5.91 Å². The van der Waals surface area contributed by atoms with Gasteiger partial charge in [0.05, 0.1) is 18.5 Å². The monoisotopic (exact) mass is 544 g/mol. The zero-order valence-corrected chi connectivity index (χ0v) is 22.4. The summed E-state index contributed by atoms with van der Waals surface area (Å²) < 4.78 is 0. The zero-order chi connectivity index (χ0) is 28.8. The Bertz CT molecular complexity index is 1440. The van der Waals surface area contributed by atoms with Crippen LogP contribution in [-0.2, 0) is 25.6 Å². The Morgan fingerprint density at radius 1 is 1.07 bits per heavy atom. The second-order valence-electron chi connectivity index (χ2n) is 10.3. The number of carbonyl (C=O) groups is 5. The highest BCUT2D eigenvalue weighted by Crippen LogP contribution is 2.44. The number of Topliss-reactive ketones (excluding diaryl/α,β-unsaturated/α-hetero) is 1. The molecule has 1 saturated carbocycles. The quantitative estimate of drug-likeness (QED) is 0.311. The number of nitrogens with zero attached hydrogens (tertiary/aromatic N) is 2. The second kappa shape index (κ2) is 12.6. The van der Waals surface area contributed by atoms with Crippen LogP contribution in [0.5, 0.6) is 0 Å². The lowest BCUT2D eigenvalue weighted by Crippen LogP contribution is -2.42. The van der Waals surface area contributed by atoms with Crippen LogP contribution in [0, 0.1) is 11.8 Å². The summed E-state index contributed by atoms with van der Waals surface area (Å²) in [7, 11) is 0. The van der Waals surface area contributed by atoms with Crippen LogP contribution < -0.4 is 10.6 Å². The topological polar surface area (TPSA) is 155 Å². The number of hydrogen-bond acceptors (Lipinski definition) is 7. The molecule has 2 heterocycles. The fraction of sp³-hybridized carbons (Fsp3) is 0.367. The first-order valence-corrected chi connectivity index (χ1v) is 13.2. The molecule has 0 bridgehead atoms. The van der Waals surface area contributed by atoms with E-state index in [1.807, 2.05) is 43.3 Å². The minimum Gasteiger partial charge on any atom is -0.481 e. The predicted molar refractivity (Wildman–Crippen MR) is 146 cm³/mol. The minimum atomic E-state index is -1.17. The summed E-state index contributed by atoms with van der Waals surface area (Å²) >= 11 is 0. The van der Waals surface area contributed by atoms with Crippen LogP contribution >= 0.6 is 0 Å². The molecule has 10 nitrogen and oxygen atoms in total. The van der Waals surface area contributed by atoms with Gasteiger partial charge in [-0.1, -0.05) is 31.2 Å². The van der Waals surface area contributed by atoms with Crippen molar-refractivity contribution >= 4 is 40.6 Å². The van der Waals surface area contributed by atoms with Crippen LogP contribution in [0.4, 0.5) is 0 Å². The van der Waals surface area contributed by atoms with Gasteiger partial charge in [-0.15, -0.1) is 0 Å². The Morgan fingerprint density at radius 3 is 2.58 bits per heavy atom. The molecule has 1 aromatic carbocycles. The number of aldehydes is 1. The first kappa shape index (κ1) is 28.5. The molecule has 208 valence electrons. The van der Waals surface area contributed by atoms with Crippen LogP contribution in [0.15, 0.2) is 55.0 Å². The number of carboxylic acids is 1. The Labute approximate surface area is 231 Å². The molecule has 40 heavy (non-hydrogen) atoms. The lowest BCUT2D eigenvalue weighted by molar-refractivity contribution is -0.139. The Balaban J connectivity index is 1.50. The SMILES string of the molecule is CC(=O)C(Cc1cnccc1C1CC[C@@H](C(=O)N[C@H](C=O)CC(=O)O)C1C)NC(=O)c1nccc2ccccc12. The van der Waals surface area contributed by atoms with E-state index in [4.69, 9.17) is 5.11 Å². The van der Waals surface area contributed by atoms with E-state index in [9.17, 15) is 24.0 Å². The van der Waals surface area contributed by atoms with E-state index in [1.54, 1.807) is 18.6 Å². The van der Waals surface area contributed by atoms with Crippen LogP contribution in [-0.4, -0.2) is 57.0 Å². The van der Waals surface area contributed by atoms with Crippen molar-refractivity contribution in [3.05, 3.63) is 71.8 Å². The molecule has 0 aliphatic heterocycles. The van der Waals surface area contributed by atoms with Gasteiger partial charge in [0.15, 0.2) is 5.78 Å². The normalized spacial score (nSPS) is 19.9. The molecule has 3 aromatic rings. The molecule has 4 rings (SSSR count). The molecule has 2 aromatic heterocycles. The average Bonchev–Trinajstić information content (AvgIpc) is 3.32. The number of hydrogen-bond donors (Lipinski definition) is 3. The number of nitrogens with one attached hydrogen (secondary N) is 2. The van der Waals surface area contributed by atoms with Crippen molar-refractivity contribution in [1.82, 2.24) is 20.6 Å². The first-order valence-electron chi connectivity index (χ1n) is 13.2. The number of benzene rings is 1. The summed E-state index contributed by atoms with van der Waals surface area (Å²) in [6, 6.07) is 9.21. The molecule has 0 spiro atoms. The number of pyridine rings is 2. The lowest BCUT2D eigenvalue weighted by Gasteiger charge is -2.25. The molecular formula is C30H32N4O6. The van der Waals surface area contributed by atoms with Crippen molar-refractivity contribution in [1.29, 1.82) is 0 Å². The average molecular weight is 545 g/mol. The van der Waals surface area contributed by atoms with Gasteiger partial charge in [0, 0.05) is 36.3 Å². The van der Waals surface area contributed by atoms with Gasteiger partial charge < -0.3 is 20.5 Å². The third kappa shape index (κ3) is 6.39. The second-order valence-corrected chi connectivity index (χ2v) is 10.3. The van der Waals surface area contributed by atoms with Crippen molar-refractivity contribution < 1.29 is 29.1 Å². The van der Waals surface area contributed by atoms with E-state index in [1.165, 1.54) is 6.92 Å². The summed E-state index contributed by atoms with van der Waals surface area (Å²) in [5, 5.41) is 15.9. The standard InChI is InChI=1S/C30H32N4O6/c1-17-22(7-8-23(17)29(39)33-21(16-35)14-27(37)38)24-10-11-31-15-20(24)13-26(18(2)36)34-30(40)28-25-6-4-3-5-19(25)9-12-32-28/h3-6,9-12,15-17,21-23,26H,7-8,13-14H2,1-2H3,(H,33,39)(H,34,40)(H,37,38)/t17?,21-,22?,23+,26?/m0/s1. The maximum Gasteiger partial charge on any atom is 0.305 e.